The first-order valence-electron chi connectivity index (χ1n) is 8.25. The lowest BCUT2D eigenvalue weighted by atomic mass is 10.1. The highest BCUT2D eigenvalue weighted by Gasteiger charge is 2.33. The van der Waals surface area contributed by atoms with Gasteiger partial charge in [-0.3, -0.25) is 9.69 Å². The molecule has 0 bridgehead atoms. The number of ether oxygens (including phenoxy) is 1. The highest BCUT2D eigenvalue weighted by atomic mass is 19.4. The van der Waals surface area contributed by atoms with Crippen LogP contribution in [-0.2, 0) is 28.9 Å². The number of amides is 3. The molecule has 0 spiro atoms. The summed E-state index contributed by atoms with van der Waals surface area (Å²) in [4.78, 5) is 36.2. The number of hydrogen-bond acceptors (Lipinski definition) is 4. The van der Waals surface area contributed by atoms with Crippen molar-refractivity contribution in [3.05, 3.63) is 70.8 Å². The van der Waals surface area contributed by atoms with Crippen LogP contribution in [0.15, 0.2) is 48.5 Å². The molecule has 1 fully saturated rings. The fraction of sp³-hybridized carbons (Fsp3) is 0.211. The maximum absolute atomic E-state index is 13.0. The molecule has 1 saturated heterocycles. The van der Waals surface area contributed by atoms with Gasteiger partial charge in [0.25, 0.3) is 0 Å². The summed E-state index contributed by atoms with van der Waals surface area (Å²) in [6.07, 6.45) is -4.54. The molecule has 0 atom stereocenters. The lowest BCUT2D eigenvalue weighted by molar-refractivity contribution is -0.138. The van der Waals surface area contributed by atoms with Crippen molar-refractivity contribution in [2.24, 2.45) is 0 Å². The average Bonchev–Trinajstić information content (AvgIpc) is 2.98. The number of hydrogen-bond donors (Lipinski definition) is 1. The molecule has 0 unspecified atom stereocenters. The Morgan fingerprint density at radius 1 is 1.07 bits per heavy atom. The molecule has 3 amide bonds. The molecule has 0 saturated carbocycles. The van der Waals surface area contributed by atoms with E-state index in [0.717, 1.165) is 11.0 Å². The zero-order valence-electron chi connectivity index (χ0n) is 14.5. The van der Waals surface area contributed by atoms with E-state index >= 15 is 0 Å². The Balaban J connectivity index is 1.63. The van der Waals surface area contributed by atoms with Crippen molar-refractivity contribution in [2.75, 3.05) is 6.54 Å². The summed E-state index contributed by atoms with van der Waals surface area (Å²) in [6, 6.07) is 10.3. The summed E-state index contributed by atoms with van der Waals surface area (Å²) in [5.41, 5.74) is -0.236. The Labute approximate surface area is 157 Å². The van der Waals surface area contributed by atoms with Crippen molar-refractivity contribution < 1.29 is 32.3 Å². The van der Waals surface area contributed by atoms with Crippen LogP contribution in [0.2, 0.25) is 0 Å². The number of urea groups is 1. The minimum Gasteiger partial charge on any atom is -0.457 e. The molecule has 1 heterocycles. The Bertz CT molecular complexity index is 894. The molecule has 1 aliphatic heterocycles. The van der Waals surface area contributed by atoms with Gasteiger partial charge in [-0.2, -0.15) is 13.2 Å². The average molecular weight is 392 g/mol. The quantitative estimate of drug-likeness (QED) is 0.627. The van der Waals surface area contributed by atoms with Crippen molar-refractivity contribution in [3.8, 4) is 0 Å². The third-order valence-electron chi connectivity index (χ3n) is 4.15. The van der Waals surface area contributed by atoms with Gasteiger partial charge in [0.1, 0.15) is 6.61 Å². The Morgan fingerprint density at radius 2 is 1.75 bits per heavy atom. The molecule has 3 rings (SSSR count). The molecule has 6 nitrogen and oxygen atoms in total. The first-order chi connectivity index (χ1) is 13.3. The van der Waals surface area contributed by atoms with Crippen LogP contribution in [0.4, 0.5) is 18.0 Å². The highest BCUT2D eigenvalue weighted by Crippen LogP contribution is 2.32. The van der Waals surface area contributed by atoms with E-state index in [-0.39, 0.29) is 30.1 Å². The van der Waals surface area contributed by atoms with Crippen molar-refractivity contribution in [1.29, 1.82) is 0 Å². The number of rotatable bonds is 5. The molecule has 146 valence electrons. The molecule has 28 heavy (non-hydrogen) atoms. The lowest BCUT2D eigenvalue weighted by Crippen LogP contribution is -2.30. The van der Waals surface area contributed by atoms with Gasteiger partial charge in [0.15, 0.2) is 0 Å². The minimum atomic E-state index is -4.54. The predicted molar refractivity (Wildman–Crippen MR) is 91.0 cm³/mol. The molecule has 9 heteroatoms. The molecule has 1 aliphatic rings. The third-order valence-corrected chi connectivity index (χ3v) is 4.15. The van der Waals surface area contributed by atoms with Crippen molar-refractivity contribution in [2.45, 2.75) is 19.3 Å². The van der Waals surface area contributed by atoms with E-state index < -0.39 is 30.3 Å². The molecule has 0 radical (unpaired) electrons. The summed E-state index contributed by atoms with van der Waals surface area (Å²) in [6.45, 7) is -0.514. The monoisotopic (exact) mass is 392 g/mol. The van der Waals surface area contributed by atoms with Crippen LogP contribution in [0.3, 0.4) is 0 Å². The van der Waals surface area contributed by atoms with E-state index in [2.05, 4.69) is 5.32 Å². The van der Waals surface area contributed by atoms with E-state index in [1.54, 1.807) is 12.1 Å². The summed E-state index contributed by atoms with van der Waals surface area (Å²) in [7, 11) is 0. The maximum Gasteiger partial charge on any atom is 0.416 e. The lowest BCUT2D eigenvalue weighted by Gasteiger charge is -2.13. The molecular formula is C19H15F3N2O4. The van der Waals surface area contributed by atoms with Crippen LogP contribution in [0.5, 0.6) is 0 Å². The number of esters is 1. The number of nitrogens with zero attached hydrogens (tertiary/aromatic N) is 1. The minimum absolute atomic E-state index is 0.0529. The van der Waals surface area contributed by atoms with Gasteiger partial charge >= 0.3 is 18.2 Å². The van der Waals surface area contributed by atoms with Crippen LogP contribution in [-0.4, -0.2) is 29.4 Å². The fourth-order valence-corrected chi connectivity index (χ4v) is 2.69. The SMILES string of the molecule is O=C(OCc1ccccc1C(F)(F)F)c1ccc(CN2C(=O)CNC2=O)cc1. The number of benzene rings is 2. The summed E-state index contributed by atoms with van der Waals surface area (Å²) in [5, 5.41) is 2.40. The first-order valence-corrected chi connectivity index (χ1v) is 8.25. The van der Waals surface area contributed by atoms with Gasteiger partial charge in [0, 0.05) is 5.56 Å². The van der Waals surface area contributed by atoms with Crippen LogP contribution in [0.1, 0.15) is 27.0 Å². The first kappa shape index (κ1) is 19.4. The van der Waals surface area contributed by atoms with E-state index in [1.165, 1.54) is 30.3 Å². The van der Waals surface area contributed by atoms with Crippen LogP contribution < -0.4 is 5.32 Å². The predicted octanol–water partition coefficient (Wildman–Crippen LogP) is 3.11. The van der Waals surface area contributed by atoms with Crippen LogP contribution in [0, 0.1) is 0 Å². The number of halogens is 3. The van der Waals surface area contributed by atoms with Gasteiger partial charge in [0.2, 0.25) is 5.91 Å². The smallest absolute Gasteiger partial charge is 0.416 e. The van der Waals surface area contributed by atoms with Crippen LogP contribution in [0.25, 0.3) is 0 Å². The Hall–Kier alpha value is -3.36. The number of carbonyl (C=O) groups excluding carboxylic acids is 3. The van der Waals surface area contributed by atoms with E-state index in [9.17, 15) is 27.6 Å². The Kier molecular flexibility index (Phi) is 5.34. The fourth-order valence-electron chi connectivity index (χ4n) is 2.69. The zero-order chi connectivity index (χ0) is 20.3. The van der Waals surface area contributed by atoms with Gasteiger partial charge in [-0.1, -0.05) is 30.3 Å². The van der Waals surface area contributed by atoms with Crippen molar-refractivity contribution in [1.82, 2.24) is 10.2 Å². The van der Waals surface area contributed by atoms with Gasteiger partial charge in [-0.05, 0) is 23.8 Å². The topological polar surface area (TPSA) is 75.7 Å². The van der Waals surface area contributed by atoms with Crippen molar-refractivity contribution in [3.63, 3.8) is 0 Å². The molecule has 0 aromatic heterocycles. The summed E-state index contributed by atoms with van der Waals surface area (Å²) in [5.74, 6) is -1.13. The number of alkyl halides is 3. The maximum atomic E-state index is 13.0. The Morgan fingerprint density at radius 3 is 2.36 bits per heavy atom. The largest absolute Gasteiger partial charge is 0.457 e. The van der Waals surface area contributed by atoms with E-state index in [0.29, 0.717) is 5.56 Å². The van der Waals surface area contributed by atoms with Gasteiger partial charge in [-0.15, -0.1) is 0 Å². The van der Waals surface area contributed by atoms with Gasteiger partial charge in [-0.25, -0.2) is 9.59 Å². The second-order valence-electron chi connectivity index (χ2n) is 6.07. The van der Waals surface area contributed by atoms with E-state index in [4.69, 9.17) is 4.74 Å². The van der Waals surface area contributed by atoms with Gasteiger partial charge in [0.05, 0.1) is 24.2 Å². The second-order valence-corrected chi connectivity index (χ2v) is 6.07. The number of nitrogens with one attached hydrogen (secondary N) is 1. The molecule has 1 N–H and O–H groups in total. The van der Waals surface area contributed by atoms with E-state index in [1.807, 2.05) is 0 Å². The van der Waals surface area contributed by atoms with Crippen LogP contribution >= 0.6 is 0 Å². The molecular weight excluding hydrogens is 377 g/mol. The standard InChI is InChI=1S/C19H15F3N2O4/c20-19(21,22)15-4-2-1-3-14(15)11-28-17(26)13-7-5-12(6-8-13)10-24-16(25)9-23-18(24)27/h1-8H,9-11H2,(H,23,27). The third kappa shape index (κ3) is 4.30. The summed E-state index contributed by atoms with van der Waals surface area (Å²) < 4.78 is 43.9. The summed E-state index contributed by atoms with van der Waals surface area (Å²) >= 11 is 0. The molecule has 2 aromatic rings. The normalized spacial score (nSPS) is 14.2. The molecule has 2 aromatic carbocycles. The second kappa shape index (κ2) is 7.71. The van der Waals surface area contributed by atoms with Crippen molar-refractivity contribution >= 4 is 17.9 Å². The number of carbonyl (C=O) groups is 3. The van der Waals surface area contributed by atoms with Gasteiger partial charge < -0.3 is 10.1 Å². The highest BCUT2D eigenvalue weighted by molar-refractivity contribution is 6.01. The molecule has 0 aliphatic carbocycles. The number of imide groups is 1. The zero-order valence-corrected chi connectivity index (χ0v) is 14.5.